The second-order valence-corrected chi connectivity index (χ2v) is 5.01. The molecule has 4 nitrogen and oxygen atoms in total. The molecule has 2 aliphatic rings. The van der Waals surface area contributed by atoms with E-state index in [0.717, 1.165) is 0 Å². The van der Waals surface area contributed by atoms with Gasteiger partial charge in [-0.1, -0.05) is 0 Å². The van der Waals surface area contributed by atoms with Crippen molar-refractivity contribution in [2.75, 3.05) is 26.6 Å². The highest BCUT2D eigenvalue weighted by atomic mass is 32.2. The number of ether oxygens (including phenoxy) is 3. The average Bonchev–Trinajstić information content (AvgIpc) is 2.61. The lowest BCUT2D eigenvalue weighted by molar-refractivity contribution is -0.00714. The predicted molar refractivity (Wildman–Crippen MR) is 48.1 cm³/mol. The van der Waals surface area contributed by atoms with Crippen molar-refractivity contribution in [2.24, 2.45) is 0 Å². The number of rotatable bonds is 2. The highest BCUT2D eigenvalue weighted by Crippen LogP contribution is 2.30. The third kappa shape index (κ3) is 1.54. The van der Waals surface area contributed by atoms with Crippen LogP contribution in [0.25, 0.3) is 0 Å². The summed E-state index contributed by atoms with van der Waals surface area (Å²) in [6.07, 6.45) is 1.66. The van der Waals surface area contributed by atoms with Crippen LogP contribution in [0.15, 0.2) is 0 Å². The Morgan fingerprint density at radius 2 is 2.00 bits per heavy atom. The minimum Gasteiger partial charge on any atom is -0.376 e. The Labute approximate surface area is 80.0 Å². The number of hydrogen-bond acceptors (Lipinski definition) is 4. The molecule has 0 amide bonds. The molecule has 0 aromatic carbocycles. The van der Waals surface area contributed by atoms with Gasteiger partial charge in [-0.15, -0.1) is 0 Å². The number of methoxy groups -OCH3 is 1. The molecular weight excluding hydrogens is 192 g/mol. The minimum absolute atomic E-state index is 0.0125. The van der Waals surface area contributed by atoms with Crippen molar-refractivity contribution in [3.63, 3.8) is 0 Å². The van der Waals surface area contributed by atoms with Gasteiger partial charge in [0.05, 0.1) is 18.5 Å². The summed E-state index contributed by atoms with van der Waals surface area (Å²) in [7, 11) is 0.775. The summed E-state index contributed by atoms with van der Waals surface area (Å²) in [5, 5.41) is 0.0187. The molecule has 0 aliphatic carbocycles. The maximum atomic E-state index is 11.3. The van der Waals surface area contributed by atoms with Crippen molar-refractivity contribution < 1.29 is 18.4 Å². The van der Waals surface area contributed by atoms with Crippen LogP contribution in [0.2, 0.25) is 0 Å². The fourth-order valence-electron chi connectivity index (χ4n) is 1.92. The van der Waals surface area contributed by atoms with Crippen LogP contribution in [0.1, 0.15) is 0 Å². The molecule has 13 heavy (non-hydrogen) atoms. The molecular formula is C8H14O4S. The first-order valence-corrected chi connectivity index (χ1v) is 5.94. The molecule has 5 heteroatoms. The summed E-state index contributed by atoms with van der Waals surface area (Å²) in [5.74, 6) is 0. The van der Waals surface area contributed by atoms with Crippen LogP contribution in [0.3, 0.4) is 0 Å². The van der Waals surface area contributed by atoms with E-state index in [-0.39, 0.29) is 23.6 Å². The molecule has 0 radical (unpaired) electrons. The van der Waals surface area contributed by atoms with Gasteiger partial charge in [0.15, 0.2) is 0 Å². The summed E-state index contributed by atoms with van der Waals surface area (Å²) in [6, 6.07) is 0. The smallest absolute Gasteiger partial charge is 0.113 e. The summed E-state index contributed by atoms with van der Waals surface area (Å²) in [6.45, 7) is 1.08. The van der Waals surface area contributed by atoms with Gasteiger partial charge in [0.2, 0.25) is 0 Å². The van der Waals surface area contributed by atoms with Crippen molar-refractivity contribution in [3.8, 4) is 0 Å². The molecule has 2 saturated heterocycles. The predicted octanol–water partition coefficient (Wildman–Crippen LogP) is -0.454. The fraction of sp³-hybridized carbons (Fsp3) is 1.00. The molecule has 0 saturated carbocycles. The number of fused-ring (bicyclic) bond motifs is 1. The Morgan fingerprint density at radius 3 is 2.62 bits per heavy atom. The van der Waals surface area contributed by atoms with Gasteiger partial charge >= 0.3 is 0 Å². The Balaban J connectivity index is 2.07. The van der Waals surface area contributed by atoms with Crippen LogP contribution in [0, 0.1) is 0 Å². The first kappa shape index (κ1) is 9.58. The SMILES string of the molecule is COC1CO[C@@H]2C(S(C)=O)CO[C@H]12. The molecule has 2 fully saturated rings. The molecule has 2 rings (SSSR count). The van der Waals surface area contributed by atoms with Gasteiger partial charge in [-0.3, -0.25) is 4.21 Å². The lowest BCUT2D eigenvalue weighted by atomic mass is 10.1. The van der Waals surface area contributed by atoms with E-state index >= 15 is 0 Å². The van der Waals surface area contributed by atoms with Crippen LogP contribution >= 0.6 is 0 Å². The first-order chi connectivity index (χ1) is 6.24. The van der Waals surface area contributed by atoms with Crippen LogP contribution in [-0.4, -0.2) is 54.4 Å². The van der Waals surface area contributed by atoms with E-state index in [1.165, 1.54) is 0 Å². The largest absolute Gasteiger partial charge is 0.376 e. The molecule has 3 unspecified atom stereocenters. The van der Waals surface area contributed by atoms with Crippen molar-refractivity contribution in [1.29, 1.82) is 0 Å². The van der Waals surface area contributed by atoms with Crippen LogP contribution in [0.4, 0.5) is 0 Å². The van der Waals surface area contributed by atoms with Crippen molar-refractivity contribution in [2.45, 2.75) is 23.6 Å². The number of hydrogen-bond donors (Lipinski definition) is 0. The summed E-state index contributed by atoms with van der Waals surface area (Å²) >= 11 is 0. The molecule has 0 spiro atoms. The Kier molecular flexibility index (Phi) is 2.69. The molecule has 76 valence electrons. The minimum atomic E-state index is -0.874. The van der Waals surface area contributed by atoms with Crippen LogP contribution in [-0.2, 0) is 25.0 Å². The van der Waals surface area contributed by atoms with E-state index in [0.29, 0.717) is 13.2 Å². The van der Waals surface area contributed by atoms with E-state index in [1.807, 2.05) is 0 Å². The second kappa shape index (κ2) is 3.65. The standard InChI is InChI=1S/C8H14O4S/c1-10-5-3-11-8-6(13(2)9)4-12-7(5)8/h5-8H,3-4H2,1-2H3/t5?,6?,7-,8-,13?/m1/s1. The highest BCUT2D eigenvalue weighted by molar-refractivity contribution is 7.85. The van der Waals surface area contributed by atoms with Crippen molar-refractivity contribution >= 4 is 10.8 Å². The zero-order valence-electron chi connectivity index (χ0n) is 7.76. The van der Waals surface area contributed by atoms with Crippen molar-refractivity contribution in [3.05, 3.63) is 0 Å². The third-order valence-corrected chi connectivity index (χ3v) is 3.95. The Morgan fingerprint density at radius 1 is 1.31 bits per heavy atom. The molecule has 0 N–H and O–H groups in total. The zero-order chi connectivity index (χ0) is 9.42. The first-order valence-electron chi connectivity index (χ1n) is 4.32. The van der Waals surface area contributed by atoms with Gasteiger partial charge in [0.25, 0.3) is 0 Å². The van der Waals surface area contributed by atoms with E-state index in [9.17, 15) is 4.21 Å². The Hall–Kier alpha value is 0.0300. The summed E-state index contributed by atoms with van der Waals surface area (Å²) in [4.78, 5) is 0. The van der Waals surface area contributed by atoms with Gasteiger partial charge < -0.3 is 14.2 Å². The molecule has 0 aromatic heterocycles. The lowest BCUT2D eigenvalue weighted by Gasteiger charge is -2.14. The average molecular weight is 206 g/mol. The summed E-state index contributed by atoms with van der Waals surface area (Å²) < 4.78 is 27.5. The Bertz CT molecular complexity index is 220. The lowest BCUT2D eigenvalue weighted by Crippen LogP contribution is -2.34. The topological polar surface area (TPSA) is 44.8 Å². The van der Waals surface area contributed by atoms with E-state index in [1.54, 1.807) is 13.4 Å². The molecule has 0 bridgehead atoms. The maximum absolute atomic E-state index is 11.3. The van der Waals surface area contributed by atoms with Gasteiger partial charge in [-0.05, 0) is 0 Å². The van der Waals surface area contributed by atoms with Gasteiger partial charge in [-0.2, -0.15) is 0 Å². The summed E-state index contributed by atoms with van der Waals surface area (Å²) in [5.41, 5.74) is 0. The van der Waals surface area contributed by atoms with Gasteiger partial charge in [0, 0.05) is 24.2 Å². The maximum Gasteiger partial charge on any atom is 0.113 e. The molecule has 0 aromatic rings. The van der Waals surface area contributed by atoms with E-state index in [2.05, 4.69) is 0 Å². The van der Waals surface area contributed by atoms with E-state index < -0.39 is 10.8 Å². The highest BCUT2D eigenvalue weighted by Gasteiger charge is 2.49. The molecule has 2 heterocycles. The van der Waals surface area contributed by atoms with Crippen LogP contribution in [0.5, 0.6) is 0 Å². The van der Waals surface area contributed by atoms with Gasteiger partial charge in [0.1, 0.15) is 18.3 Å². The van der Waals surface area contributed by atoms with Crippen molar-refractivity contribution in [1.82, 2.24) is 0 Å². The second-order valence-electron chi connectivity index (χ2n) is 3.41. The van der Waals surface area contributed by atoms with Gasteiger partial charge in [-0.25, -0.2) is 0 Å². The van der Waals surface area contributed by atoms with Crippen LogP contribution < -0.4 is 0 Å². The zero-order valence-corrected chi connectivity index (χ0v) is 8.58. The third-order valence-electron chi connectivity index (χ3n) is 2.69. The normalized spacial score (nSPS) is 46.3. The quantitative estimate of drug-likeness (QED) is 0.613. The molecule has 5 atom stereocenters. The van der Waals surface area contributed by atoms with E-state index in [4.69, 9.17) is 14.2 Å². The fourth-order valence-corrected chi connectivity index (χ4v) is 2.80. The monoisotopic (exact) mass is 206 g/mol. The molecule has 2 aliphatic heterocycles.